The molecule has 1 aromatic heterocycles. The molecule has 2 N–H and O–H groups in total. The van der Waals surface area contributed by atoms with E-state index in [2.05, 4.69) is 37.8 Å². The topological polar surface area (TPSA) is 85.6 Å². The number of rotatable bonds is 8. The first-order valence-electron chi connectivity index (χ1n) is 10.3. The van der Waals surface area contributed by atoms with Crippen LogP contribution < -0.4 is 20.1 Å². The van der Waals surface area contributed by atoms with E-state index >= 15 is 0 Å². The molecule has 8 nitrogen and oxygen atoms in total. The van der Waals surface area contributed by atoms with Crippen LogP contribution in [0.3, 0.4) is 0 Å². The standard InChI is InChI=1S/C21H32N6O2.HI/c1-5-29-19-13-16(8-10-18(19)28-4)7-6-12-23-21(22-3)25-17-9-11-20-24-15(2)26-27(20)14-17;/h8,10,13,17H,5-7,9,11-12,14H2,1-4H3,(H2,22,23,25);1H. The lowest BCUT2D eigenvalue weighted by Gasteiger charge is -2.25. The minimum absolute atomic E-state index is 0. The fraction of sp³-hybridized carbons (Fsp3) is 0.571. The summed E-state index contributed by atoms with van der Waals surface area (Å²) < 4.78 is 13.0. The fourth-order valence-electron chi connectivity index (χ4n) is 3.58. The molecular weight excluding hydrogens is 495 g/mol. The second-order valence-electron chi connectivity index (χ2n) is 7.16. The van der Waals surface area contributed by atoms with Crippen molar-refractivity contribution in [2.75, 3.05) is 27.3 Å². The minimum Gasteiger partial charge on any atom is -0.493 e. The van der Waals surface area contributed by atoms with Crippen LogP contribution in [0.5, 0.6) is 11.5 Å². The van der Waals surface area contributed by atoms with Crippen LogP contribution in [0.2, 0.25) is 0 Å². The number of hydrogen-bond acceptors (Lipinski definition) is 5. The summed E-state index contributed by atoms with van der Waals surface area (Å²) in [7, 11) is 3.47. The molecule has 1 unspecified atom stereocenters. The molecule has 0 radical (unpaired) electrons. The Morgan fingerprint density at radius 2 is 2.17 bits per heavy atom. The summed E-state index contributed by atoms with van der Waals surface area (Å²) in [4.78, 5) is 8.83. The quantitative estimate of drug-likeness (QED) is 0.237. The zero-order valence-electron chi connectivity index (χ0n) is 18.3. The summed E-state index contributed by atoms with van der Waals surface area (Å²) in [6.45, 7) is 6.21. The van der Waals surface area contributed by atoms with Gasteiger partial charge in [-0.15, -0.1) is 24.0 Å². The molecule has 0 spiro atoms. The largest absolute Gasteiger partial charge is 0.493 e. The molecule has 1 aromatic carbocycles. The highest BCUT2D eigenvalue weighted by atomic mass is 127. The molecule has 0 bridgehead atoms. The zero-order valence-corrected chi connectivity index (χ0v) is 20.6. The Morgan fingerprint density at radius 3 is 2.90 bits per heavy atom. The first kappa shape index (κ1) is 24.2. The van der Waals surface area contributed by atoms with Gasteiger partial charge in [-0.25, -0.2) is 9.67 Å². The zero-order chi connectivity index (χ0) is 20.6. The van der Waals surface area contributed by atoms with Gasteiger partial charge in [0.1, 0.15) is 11.6 Å². The van der Waals surface area contributed by atoms with Crippen molar-refractivity contribution in [1.82, 2.24) is 25.4 Å². The van der Waals surface area contributed by atoms with Gasteiger partial charge >= 0.3 is 0 Å². The van der Waals surface area contributed by atoms with Gasteiger partial charge in [0, 0.05) is 26.1 Å². The van der Waals surface area contributed by atoms with Crippen molar-refractivity contribution in [2.24, 2.45) is 4.99 Å². The third kappa shape index (κ3) is 6.48. The summed E-state index contributed by atoms with van der Waals surface area (Å²) in [5.74, 6) is 4.33. The monoisotopic (exact) mass is 528 g/mol. The van der Waals surface area contributed by atoms with E-state index in [1.165, 1.54) is 5.56 Å². The lowest BCUT2D eigenvalue weighted by atomic mass is 10.1. The van der Waals surface area contributed by atoms with Crippen LogP contribution in [0.15, 0.2) is 23.2 Å². The fourth-order valence-corrected chi connectivity index (χ4v) is 3.58. The summed E-state index contributed by atoms with van der Waals surface area (Å²) in [5.41, 5.74) is 1.24. The van der Waals surface area contributed by atoms with E-state index < -0.39 is 0 Å². The van der Waals surface area contributed by atoms with E-state index in [1.54, 1.807) is 14.2 Å². The predicted molar refractivity (Wildman–Crippen MR) is 129 cm³/mol. The van der Waals surface area contributed by atoms with Crippen molar-refractivity contribution >= 4 is 29.9 Å². The molecule has 3 rings (SSSR count). The molecule has 1 atom stereocenters. The van der Waals surface area contributed by atoms with Crippen LogP contribution in [0.1, 0.15) is 37.0 Å². The van der Waals surface area contributed by atoms with E-state index in [0.29, 0.717) is 12.6 Å². The average Bonchev–Trinajstić information content (AvgIpc) is 3.10. The number of fused-ring (bicyclic) bond motifs is 1. The molecule has 0 saturated heterocycles. The van der Waals surface area contributed by atoms with Gasteiger partial charge in [0.15, 0.2) is 17.5 Å². The number of aromatic nitrogens is 3. The Hall–Kier alpha value is -2.04. The van der Waals surface area contributed by atoms with Gasteiger partial charge in [0.05, 0.1) is 20.3 Å². The van der Waals surface area contributed by atoms with Gasteiger partial charge in [-0.1, -0.05) is 6.07 Å². The second kappa shape index (κ2) is 12.0. The lowest BCUT2D eigenvalue weighted by molar-refractivity contribution is 0.310. The maximum absolute atomic E-state index is 5.66. The Labute approximate surface area is 195 Å². The van der Waals surface area contributed by atoms with Gasteiger partial charge in [-0.2, -0.15) is 5.10 Å². The van der Waals surface area contributed by atoms with Gasteiger partial charge in [0.2, 0.25) is 0 Å². The number of ether oxygens (including phenoxy) is 2. The highest BCUT2D eigenvalue weighted by molar-refractivity contribution is 14.0. The molecule has 2 heterocycles. The molecule has 0 aliphatic carbocycles. The van der Waals surface area contributed by atoms with E-state index in [-0.39, 0.29) is 24.0 Å². The number of nitrogens with zero attached hydrogens (tertiary/aromatic N) is 4. The molecule has 1 aliphatic rings. The Kier molecular flexibility index (Phi) is 9.67. The van der Waals surface area contributed by atoms with Crippen LogP contribution in [0.25, 0.3) is 0 Å². The minimum atomic E-state index is 0. The third-order valence-corrected chi connectivity index (χ3v) is 4.99. The van der Waals surface area contributed by atoms with Crippen LogP contribution in [0.4, 0.5) is 0 Å². The summed E-state index contributed by atoms with van der Waals surface area (Å²) in [5, 5.41) is 11.4. The molecule has 30 heavy (non-hydrogen) atoms. The van der Waals surface area contributed by atoms with Crippen molar-refractivity contribution in [1.29, 1.82) is 0 Å². The number of guanidine groups is 1. The van der Waals surface area contributed by atoms with Gasteiger partial charge in [-0.05, 0) is 50.8 Å². The first-order valence-corrected chi connectivity index (χ1v) is 10.3. The summed E-state index contributed by atoms with van der Waals surface area (Å²) >= 11 is 0. The van der Waals surface area contributed by atoms with Gasteiger partial charge < -0.3 is 20.1 Å². The number of hydrogen-bond donors (Lipinski definition) is 2. The lowest BCUT2D eigenvalue weighted by Crippen LogP contribution is -2.47. The van der Waals surface area contributed by atoms with E-state index in [1.807, 2.05) is 24.6 Å². The van der Waals surface area contributed by atoms with Gasteiger partial charge in [-0.3, -0.25) is 4.99 Å². The maximum atomic E-state index is 5.66. The van der Waals surface area contributed by atoms with E-state index in [9.17, 15) is 0 Å². The van der Waals surface area contributed by atoms with Crippen molar-refractivity contribution in [3.8, 4) is 11.5 Å². The van der Waals surface area contributed by atoms with Crippen molar-refractivity contribution in [2.45, 2.75) is 52.1 Å². The summed E-state index contributed by atoms with van der Waals surface area (Å²) in [6.07, 6.45) is 3.93. The molecule has 166 valence electrons. The molecule has 2 aromatic rings. The average molecular weight is 528 g/mol. The Morgan fingerprint density at radius 1 is 1.33 bits per heavy atom. The third-order valence-electron chi connectivity index (χ3n) is 4.99. The molecule has 0 amide bonds. The molecule has 0 saturated carbocycles. The predicted octanol–water partition coefficient (Wildman–Crippen LogP) is 2.72. The molecular formula is C21H33IN6O2. The number of aliphatic imine (C=N–C) groups is 1. The van der Waals surface area contributed by atoms with Crippen molar-refractivity contribution in [3.63, 3.8) is 0 Å². The Bertz CT molecular complexity index is 839. The summed E-state index contributed by atoms with van der Waals surface area (Å²) in [6, 6.07) is 6.44. The van der Waals surface area contributed by atoms with Crippen molar-refractivity contribution < 1.29 is 9.47 Å². The van der Waals surface area contributed by atoms with Crippen LogP contribution in [-0.2, 0) is 19.4 Å². The number of benzene rings is 1. The molecule has 9 heteroatoms. The smallest absolute Gasteiger partial charge is 0.191 e. The maximum Gasteiger partial charge on any atom is 0.191 e. The highest BCUT2D eigenvalue weighted by Gasteiger charge is 2.21. The second-order valence-corrected chi connectivity index (χ2v) is 7.16. The highest BCUT2D eigenvalue weighted by Crippen LogP contribution is 2.28. The SMILES string of the molecule is CCOc1cc(CCCNC(=NC)NC2CCc3nc(C)nn3C2)ccc1OC.I. The van der Waals surface area contributed by atoms with Crippen LogP contribution in [-0.4, -0.2) is 54.1 Å². The van der Waals surface area contributed by atoms with Gasteiger partial charge in [0.25, 0.3) is 0 Å². The molecule has 0 fully saturated rings. The number of aryl methyl sites for hydroxylation is 3. The molecule has 1 aliphatic heterocycles. The number of methoxy groups -OCH3 is 1. The normalized spacial score (nSPS) is 15.7. The van der Waals surface area contributed by atoms with Crippen molar-refractivity contribution in [3.05, 3.63) is 35.4 Å². The number of halogens is 1. The van der Waals surface area contributed by atoms with E-state index in [0.717, 1.165) is 67.9 Å². The Balaban J connectivity index is 0.00000320. The van der Waals surface area contributed by atoms with E-state index in [4.69, 9.17) is 9.47 Å². The van der Waals surface area contributed by atoms with Crippen LogP contribution in [0, 0.1) is 6.92 Å². The van der Waals surface area contributed by atoms with Crippen LogP contribution >= 0.6 is 24.0 Å². The first-order chi connectivity index (χ1) is 14.1. The number of nitrogens with one attached hydrogen (secondary N) is 2.